The molecule has 0 unspecified atom stereocenters. The fourth-order valence-electron chi connectivity index (χ4n) is 6.04. The largest absolute Gasteiger partial charge is 0.465 e. The highest BCUT2D eigenvalue weighted by Gasteiger charge is 2.70. The van der Waals surface area contributed by atoms with Crippen LogP contribution in [0, 0.1) is 0 Å². The Labute approximate surface area is 203 Å². The zero-order valence-electron chi connectivity index (χ0n) is 19.4. The lowest BCUT2D eigenvalue weighted by Crippen LogP contribution is -2.66. The molecule has 0 N–H and O–H groups in total. The van der Waals surface area contributed by atoms with Crippen LogP contribution < -0.4 is 0 Å². The van der Waals surface area contributed by atoms with Gasteiger partial charge in [-0.25, -0.2) is 4.79 Å². The molecule has 5 nitrogen and oxygen atoms in total. The number of carbonyl (C=O) groups is 2. The number of carbonyl (C=O) groups excluding carboxylic acids is 2. The average Bonchev–Trinajstić information content (AvgIpc) is 3.24. The standard InChI is InChI=1S/C30H25NO4/c1-2-34-27(32)30(25-15-7-4-8-16-25)26-18-22-12-10-9-11-21(22)17-23(26)19-31-28(33)35-20-29(30,31)24-13-5-3-6-14-24/h3-18H,2,19-20H2,1H3/t29-,30-/m1/s1. The summed E-state index contributed by atoms with van der Waals surface area (Å²) in [5.41, 5.74) is 0.901. The smallest absolute Gasteiger partial charge is 0.411 e. The number of hydrogen-bond donors (Lipinski definition) is 0. The van der Waals surface area contributed by atoms with Gasteiger partial charge in [0.1, 0.15) is 17.6 Å². The molecule has 35 heavy (non-hydrogen) atoms. The molecule has 6 rings (SSSR count). The third-order valence-corrected chi connectivity index (χ3v) is 7.45. The van der Waals surface area contributed by atoms with Crippen molar-refractivity contribution in [3.05, 3.63) is 119 Å². The molecule has 4 aromatic carbocycles. The predicted octanol–water partition coefficient (Wildman–Crippen LogP) is 5.55. The summed E-state index contributed by atoms with van der Waals surface area (Å²) in [4.78, 5) is 29.5. The van der Waals surface area contributed by atoms with Gasteiger partial charge < -0.3 is 9.47 Å². The second-order valence-electron chi connectivity index (χ2n) is 9.06. The predicted molar refractivity (Wildman–Crippen MR) is 133 cm³/mol. The fraction of sp³-hybridized carbons (Fsp3) is 0.200. The van der Waals surface area contributed by atoms with Crippen molar-refractivity contribution in [3.8, 4) is 0 Å². The van der Waals surface area contributed by atoms with Crippen LogP contribution in [0.25, 0.3) is 10.8 Å². The van der Waals surface area contributed by atoms with Crippen molar-refractivity contribution >= 4 is 22.8 Å². The van der Waals surface area contributed by atoms with Crippen molar-refractivity contribution in [2.45, 2.75) is 24.4 Å². The summed E-state index contributed by atoms with van der Waals surface area (Å²) in [6.07, 6.45) is -0.433. The molecule has 2 aliphatic heterocycles. The molecule has 2 heterocycles. The third kappa shape index (κ3) is 2.81. The Kier molecular flexibility index (Phi) is 4.88. The lowest BCUT2D eigenvalue weighted by molar-refractivity contribution is -0.155. The quantitative estimate of drug-likeness (QED) is 0.373. The zero-order chi connectivity index (χ0) is 24.0. The van der Waals surface area contributed by atoms with Crippen LogP contribution in [0.1, 0.15) is 29.2 Å². The average molecular weight is 464 g/mol. The Morgan fingerprint density at radius 2 is 1.49 bits per heavy atom. The van der Waals surface area contributed by atoms with Crippen LogP contribution in [0.15, 0.2) is 97.1 Å². The molecule has 0 aliphatic carbocycles. The Balaban J connectivity index is 1.81. The van der Waals surface area contributed by atoms with E-state index in [1.165, 1.54) is 0 Å². The first-order valence-corrected chi connectivity index (χ1v) is 11.9. The second kappa shape index (κ2) is 7.98. The van der Waals surface area contributed by atoms with Crippen LogP contribution in [-0.2, 0) is 31.8 Å². The molecule has 0 saturated carbocycles. The summed E-state index contributed by atoms with van der Waals surface area (Å²) in [6.45, 7) is 2.40. The lowest BCUT2D eigenvalue weighted by Gasteiger charge is -2.53. The number of amides is 1. The molecule has 2 atom stereocenters. The topological polar surface area (TPSA) is 55.8 Å². The molecular weight excluding hydrogens is 438 g/mol. The molecule has 2 aliphatic rings. The van der Waals surface area contributed by atoms with E-state index in [4.69, 9.17) is 9.47 Å². The number of fused-ring (bicyclic) bond motifs is 3. The van der Waals surface area contributed by atoms with E-state index in [1.54, 1.807) is 4.90 Å². The van der Waals surface area contributed by atoms with Gasteiger partial charge in [0.05, 0.1) is 13.2 Å². The summed E-state index contributed by atoms with van der Waals surface area (Å²) in [6, 6.07) is 31.7. The number of hydrogen-bond acceptors (Lipinski definition) is 4. The summed E-state index contributed by atoms with van der Waals surface area (Å²) < 4.78 is 11.6. The molecule has 174 valence electrons. The van der Waals surface area contributed by atoms with Gasteiger partial charge in [-0.05, 0) is 52.1 Å². The van der Waals surface area contributed by atoms with E-state index in [1.807, 2.05) is 91.9 Å². The Hall–Kier alpha value is -4.12. The molecule has 5 heteroatoms. The van der Waals surface area contributed by atoms with E-state index < -0.39 is 23.0 Å². The Bertz CT molecular complexity index is 1430. The number of esters is 1. The Morgan fingerprint density at radius 3 is 2.14 bits per heavy atom. The number of rotatable bonds is 4. The first-order chi connectivity index (χ1) is 17.1. The van der Waals surface area contributed by atoms with E-state index in [-0.39, 0.29) is 13.2 Å². The zero-order valence-corrected chi connectivity index (χ0v) is 19.4. The first-order valence-electron chi connectivity index (χ1n) is 11.9. The molecule has 0 aromatic heterocycles. The fourth-order valence-corrected chi connectivity index (χ4v) is 6.04. The van der Waals surface area contributed by atoms with Gasteiger partial charge in [0.25, 0.3) is 0 Å². The maximum absolute atomic E-state index is 14.4. The van der Waals surface area contributed by atoms with Crippen LogP contribution in [-0.4, -0.2) is 30.2 Å². The third-order valence-electron chi connectivity index (χ3n) is 7.45. The molecular formula is C30H25NO4. The van der Waals surface area contributed by atoms with Gasteiger partial charge in [-0.3, -0.25) is 9.69 Å². The maximum Gasteiger partial charge on any atom is 0.411 e. The van der Waals surface area contributed by atoms with Gasteiger partial charge in [-0.15, -0.1) is 0 Å². The summed E-state index contributed by atoms with van der Waals surface area (Å²) >= 11 is 0. The van der Waals surface area contributed by atoms with Gasteiger partial charge in [-0.1, -0.05) is 84.9 Å². The van der Waals surface area contributed by atoms with Gasteiger partial charge in [0, 0.05) is 0 Å². The Morgan fingerprint density at radius 1 is 0.886 bits per heavy atom. The number of ether oxygens (including phenoxy) is 2. The molecule has 0 spiro atoms. The van der Waals surface area contributed by atoms with E-state index in [0.717, 1.165) is 33.0 Å². The molecule has 1 saturated heterocycles. The number of cyclic esters (lactones) is 1. The molecule has 0 radical (unpaired) electrons. The monoisotopic (exact) mass is 463 g/mol. The lowest BCUT2D eigenvalue weighted by atomic mass is 9.55. The van der Waals surface area contributed by atoms with Crippen molar-refractivity contribution in [2.24, 2.45) is 0 Å². The highest BCUT2D eigenvalue weighted by atomic mass is 16.6. The van der Waals surface area contributed by atoms with Crippen LogP contribution >= 0.6 is 0 Å². The minimum Gasteiger partial charge on any atom is -0.465 e. The van der Waals surface area contributed by atoms with E-state index in [2.05, 4.69) is 12.1 Å². The summed E-state index contributed by atoms with van der Waals surface area (Å²) in [5.74, 6) is -0.394. The van der Waals surface area contributed by atoms with Gasteiger partial charge in [-0.2, -0.15) is 0 Å². The highest BCUT2D eigenvalue weighted by Crippen LogP contribution is 2.58. The maximum atomic E-state index is 14.4. The van der Waals surface area contributed by atoms with Crippen molar-refractivity contribution in [1.29, 1.82) is 0 Å². The molecule has 1 fully saturated rings. The normalized spacial score (nSPS) is 22.9. The molecule has 0 bridgehead atoms. The van der Waals surface area contributed by atoms with Gasteiger partial charge >= 0.3 is 12.1 Å². The van der Waals surface area contributed by atoms with Crippen LogP contribution in [0.3, 0.4) is 0 Å². The van der Waals surface area contributed by atoms with E-state index >= 15 is 0 Å². The minimum atomic E-state index is -1.34. The van der Waals surface area contributed by atoms with Gasteiger partial charge in [0.2, 0.25) is 0 Å². The summed E-state index contributed by atoms with van der Waals surface area (Å²) in [7, 11) is 0. The SMILES string of the molecule is CCOC(=O)[C@@]1(c2ccccc2)c2cc3ccccc3cc2CN2C(=O)OC[C@]21c1ccccc1. The number of nitrogens with zero attached hydrogens (tertiary/aromatic N) is 1. The second-order valence-corrected chi connectivity index (χ2v) is 9.06. The first kappa shape index (κ1) is 21.4. The van der Waals surface area contributed by atoms with Gasteiger partial charge in [0.15, 0.2) is 0 Å². The van der Waals surface area contributed by atoms with Crippen molar-refractivity contribution in [3.63, 3.8) is 0 Å². The van der Waals surface area contributed by atoms with E-state index in [9.17, 15) is 9.59 Å². The van der Waals surface area contributed by atoms with Crippen LogP contribution in [0.5, 0.6) is 0 Å². The molecule has 4 aromatic rings. The highest BCUT2D eigenvalue weighted by molar-refractivity contribution is 5.96. The van der Waals surface area contributed by atoms with Crippen LogP contribution in [0.2, 0.25) is 0 Å². The molecule has 1 amide bonds. The summed E-state index contributed by atoms with van der Waals surface area (Å²) in [5, 5.41) is 2.08. The van der Waals surface area contributed by atoms with Crippen molar-refractivity contribution in [1.82, 2.24) is 4.90 Å². The van der Waals surface area contributed by atoms with Crippen molar-refractivity contribution in [2.75, 3.05) is 13.2 Å². The minimum absolute atomic E-state index is 0.0375. The number of benzene rings is 4. The van der Waals surface area contributed by atoms with E-state index in [0.29, 0.717) is 6.54 Å². The van der Waals surface area contributed by atoms with Crippen LogP contribution in [0.4, 0.5) is 4.79 Å². The van der Waals surface area contributed by atoms with Crippen molar-refractivity contribution < 1.29 is 19.1 Å².